The zero-order valence-electron chi connectivity index (χ0n) is 11.0. The number of halogens is 1. The lowest BCUT2D eigenvalue weighted by Crippen LogP contribution is -2.39. The molecule has 2 rings (SSSR count). The summed E-state index contributed by atoms with van der Waals surface area (Å²) in [5.41, 5.74) is 1.18. The lowest BCUT2D eigenvalue weighted by molar-refractivity contribution is -0.136. The number of likely N-dealkylation sites (tertiary alicyclic amines) is 1. The van der Waals surface area contributed by atoms with E-state index in [9.17, 15) is 9.59 Å². The molecule has 1 saturated heterocycles. The van der Waals surface area contributed by atoms with Gasteiger partial charge in [-0.15, -0.1) is 0 Å². The molecule has 20 heavy (non-hydrogen) atoms. The highest BCUT2D eigenvalue weighted by Gasteiger charge is 2.27. The van der Waals surface area contributed by atoms with Crippen molar-refractivity contribution in [2.24, 2.45) is 0 Å². The second-order valence-electron chi connectivity index (χ2n) is 4.86. The fraction of sp³-hybridized carbons (Fsp3) is 0.429. The van der Waals surface area contributed by atoms with Crippen molar-refractivity contribution in [3.8, 4) is 0 Å². The summed E-state index contributed by atoms with van der Waals surface area (Å²) in [5, 5.41) is 11.9. The highest BCUT2D eigenvalue weighted by Crippen LogP contribution is 2.27. The molecule has 0 saturated carbocycles. The van der Waals surface area contributed by atoms with Gasteiger partial charge in [0.25, 0.3) is 0 Å². The number of aliphatic carboxylic acids is 1. The third-order valence-corrected chi connectivity index (χ3v) is 3.68. The van der Waals surface area contributed by atoms with Crippen LogP contribution in [0.15, 0.2) is 24.3 Å². The quantitative estimate of drug-likeness (QED) is 0.896. The van der Waals surface area contributed by atoms with Gasteiger partial charge in [0, 0.05) is 30.6 Å². The van der Waals surface area contributed by atoms with E-state index in [0.717, 1.165) is 6.42 Å². The summed E-state index contributed by atoms with van der Waals surface area (Å²) in [5.74, 6) is -0.594. The Bertz CT molecular complexity index is 490. The van der Waals surface area contributed by atoms with Crippen molar-refractivity contribution < 1.29 is 14.7 Å². The van der Waals surface area contributed by atoms with Crippen LogP contribution in [0.1, 0.15) is 24.3 Å². The van der Waals surface area contributed by atoms with Crippen LogP contribution in [0.3, 0.4) is 0 Å². The average molecular weight is 297 g/mol. The van der Waals surface area contributed by atoms with Crippen LogP contribution in [-0.4, -0.2) is 41.6 Å². The molecule has 0 aromatic heterocycles. The van der Waals surface area contributed by atoms with Crippen molar-refractivity contribution in [2.45, 2.75) is 18.8 Å². The first-order valence-corrected chi connectivity index (χ1v) is 6.94. The van der Waals surface area contributed by atoms with Gasteiger partial charge in [-0.05, 0) is 24.1 Å². The molecule has 0 aliphatic carbocycles. The first-order chi connectivity index (χ1) is 9.56. The first kappa shape index (κ1) is 14.7. The average Bonchev–Trinajstić information content (AvgIpc) is 2.88. The van der Waals surface area contributed by atoms with Gasteiger partial charge in [-0.3, -0.25) is 4.79 Å². The standard InChI is InChI=1S/C14H17ClN2O3/c15-12-3-1-10(2-4-12)11-6-8-17(9-11)14(20)16-7-5-13(18)19/h1-4,11H,5-9H2,(H,16,20)(H,18,19). The Morgan fingerprint density at radius 3 is 2.70 bits per heavy atom. The zero-order chi connectivity index (χ0) is 14.5. The monoisotopic (exact) mass is 296 g/mol. The lowest BCUT2D eigenvalue weighted by atomic mass is 9.99. The molecule has 1 aliphatic rings. The van der Waals surface area contributed by atoms with Crippen LogP contribution >= 0.6 is 11.6 Å². The minimum absolute atomic E-state index is 0.0554. The number of carboxylic acid groups (broad SMARTS) is 1. The molecule has 0 radical (unpaired) electrons. The van der Waals surface area contributed by atoms with E-state index in [1.165, 1.54) is 5.56 Å². The number of hydrogen-bond acceptors (Lipinski definition) is 2. The topological polar surface area (TPSA) is 69.6 Å². The Morgan fingerprint density at radius 2 is 2.05 bits per heavy atom. The highest BCUT2D eigenvalue weighted by molar-refractivity contribution is 6.30. The van der Waals surface area contributed by atoms with E-state index < -0.39 is 5.97 Å². The van der Waals surface area contributed by atoms with Gasteiger partial charge < -0.3 is 15.3 Å². The van der Waals surface area contributed by atoms with Gasteiger partial charge in [-0.25, -0.2) is 4.79 Å². The number of benzene rings is 1. The normalized spacial score (nSPS) is 18.1. The lowest BCUT2D eigenvalue weighted by Gasteiger charge is -2.17. The van der Waals surface area contributed by atoms with Gasteiger partial charge in [0.2, 0.25) is 0 Å². The molecule has 2 amide bonds. The van der Waals surface area contributed by atoms with E-state index in [1.807, 2.05) is 24.3 Å². The van der Waals surface area contributed by atoms with E-state index >= 15 is 0 Å². The maximum Gasteiger partial charge on any atom is 0.317 e. The van der Waals surface area contributed by atoms with E-state index in [0.29, 0.717) is 24.0 Å². The molecule has 0 bridgehead atoms. The van der Waals surface area contributed by atoms with E-state index in [1.54, 1.807) is 4.90 Å². The van der Waals surface area contributed by atoms with Crippen LogP contribution in [-0.2, 0) is 4.79 Å². The number of carbonyl (C=O) groups is 2. The third-order valence-electron chi connectivity index (χ3n) is 3.43. The molecule has 1 aromatic rings. The maximum absolute atomic E-state index is 11.9. The Hall–Kier alpha value is -1.75. The van der Waals surface area contributed by atoms with Crippen LogP contribution in [0.4, 0.5) is 4.79 Å². The molecule has 108 valence electrons. The van der Waals surface area contributed by atoms with Crippen molar-refractivity contribution in [1.29, 1.82) is 0 Å². The van der Waals surface area contributed by atoms with Crippen molar-refractivity contribution in [3.05, 3.63) is 34.9 Å². The highest BCUT2D eigenvalue weighted by atomic mass is 35.5. The van der Waals surface area contributed by atoms with E-state index in [-0.39, 0.29) is 19.0 Å². The number of amides is 2. The van der Waals surface area contributed by atoms with E-state index in [4.69, 9.17) is 16.7 Å². The summed E-state index contributed by atoms with van der Waals surface area (Å²) in [6.07, 6.45) is 0.855. The van der Waals surface area contributed by atoms with Gasteiger partial charge in [-0.1, -0.05) is 23.7 Å². The number of hydrogen-bond donors (Lipinski definition) is 2. The van der Waals surface area contributed by atoms with Crippen LogP contribution < -0.4 is 5.32 Å². The maximum atomic E-state index is 11.9. The van der Waals surface area contributed by atoms with Crippen LogP contribution in [0.2, 0.25) is 5.02 Å². The Morgan fingerprint density at radius 1 is 1.35 bits per heavy atom. The van der Waals surface area contributed by atoms with Crippen molar-refractivity contribution >= 4 is 23.6 Å². The largest absolute Gasteiger partial charge is 0.481 e. The molecule has 1 heterocycles. The number of nitrogens with one attached hydrogen (secondary N) is 1. The predicted molar refractivity (Wildman–Crippen MR) is 76.0 cm³/mol. The molecule has 1 aliphatic heterocycles. The fourth-order valence-electron chi connectivity index (χ4n) is 2.34. The molecule has 1 fully saturated rings. The third kappa shape index (κ3) is 3.87. The number of urea groups is 1. The van der Waals surface area contributed by atoms with Crippen molar-refractivity contribution in [2.75, 3.05) is 19.6 Å². The van der Waals surface area contributed by atoms with Gasteiger partial charge in [-0.2, -0.15) is 0 Å². The van der Waals surface area contributed by atoms with Crippen molar-refractivity contribution in [3.63, 3.8) is 0 Å². The second-order valence-corrected chi connectivity index (χ2v) is 5.30. The summed E-state index contributed by atoms with van der Waals surface area (Å²) in [6, 6.07) is 7.49. The summed E-state index contributed by atoms with van der Waals surface area (Å²) < 4.78 is 0. The van der Waals surface area contributed by atoms with Gasteiger partial charge >= 0.3 is 12.0 Å². The molecule has 6 heteroatoms. The zero-order valence-corrected chi connectivity index (χ0v) is 11.8. The summed E-state index contributed by atoms with van der Waals surface area (Å²) in [6.45, 7) is 1.50. The fourth-order valence-corrected chi connectivity index (χ4v) is 2.47. The number of carbonyl (C=O) groups excluding carboxylic acids is 1. The molecule has 2 N–H and O–H groups in total. The number of carboxylic acids is 1. The van der Waals surface area contributed by atoms with Gasteiger partial charge in [0.1, 0.15) is 0 Å². The van der Waals surface area contributed by atoms with Crippen LogP contribution in [0.5, 0.6) is 0 Å². The summed E-state index contributed by atoms with van der Waals surface area (Å²) >= 11 is 5.86. The molecule has 5 nitrogen and oxygen atoms in total. The molecular weight excluding hydrogens is 280 g/mol. The van der Waals surface area contributed by atoms with E-state index in [2.05, 4.69) is 5.32 Å². The minimum Gasteiger partial charge on any atom is -0.481 e. The Labute approximate surface area is 122 Å². The van der Waals surface area contributed by atoms with Gasteiger partial charge in [0.05, 0.1) is 6.42 Å². The molecule has 1 aromatic carbocycles. The van der Waals surface area contributed by atoms with Crippen molar-refractivity contribution in [1.82, 2.24) is 10.2 Å². The molecular formula is C14H17ClN2O3. The molecule has 1 unspecified atom stereocenters. The predicted octanol–water partition coefficient (Wildman–Crippen LogP) is 2.31. The SMILES string of the molecule is O=C(O)CCNC(=O)N1CCC(c2ccc(Cl)cc2)C1. The Balaban J connectivity index is 1.84. The van der Waals surface area contributed by atoms with Crippen LogP contribution in [0.25, 0.3) is 0 Å². The van der Waals surface area contributed by atoms with Gasteiger partial charge in [0.15, 0.2) is 0 Å². The minimum atomic E-state index is -0.911. The second kappa shape index (κ2) is 6.61. The Kier molecular flexibility index (Phi) is 4.84. The summed E-state index contributed by atoms with van der Waals surface area (Å²) in [7, 11) is 0. The molecule has 1 atom stereocenters. The van der Waals surface area contributed by atoms with Crippen LogP contribution in [0, 0.1) is 0 Å². The molecule has 0 spiro atoms. The summed E-state index contributed by atoms with van der Waals surface area (Å²) in [4.78, 5) is 24.0. The first-order valence-electron chi connectivity index (χ1n) is 6.56. The number of rotatable bonds is 4. The smallest absolute Gasteiger partial charge is 0.317 e. The number of nitrogens with zero attached hydrogens (tertiary/aromatic N) is 1.